The molecule has 1 aliphatic carbocycles. The van der Waals surface area contributed by atoms with Crippen molar-refractivity contribution in [2.75, 3.05) is 0 Å². The van der Waals surface area contributed by atoms with Crippen LogP contribution in [0.5, 0.6) is 0 Å². The van der Waals surface area contributed by atoms with Crippen molar-refractivity contribution in [3.63, 3.8) is 0 Å². The van der Waals surface area contributed by atoms with Gasteiger partial charge in [0.25, 0.3) is 0 Å². The molecule has 1 amide bonds. The fourth-order valence-corrected chi connectivity index (χ4v) is 2.02. The van der Waals surface area contributed by atoms with Crippen LogP contribution in [0.4, 0.5) is 0 Å². The molecule has 0 aromatic heterocycles. The van der Waals surface area contributed by atoms with Gasteiger partial charge in [-0.15, -0.1) is 0 Å². The minimum absolute atomic E-state index is 0.124. The van der Waals surface area contributed by atoms with Gasteiger partial charge in [0.15, 0.2) is 0 Å². The molecule has 2 heteroatoms. The normalized spacial score (nSPS) is 21.8. The molecule has 16 heavy (non-hydrogen) atoms. The summed E-state index contributed by atoms with van der Waals surface area (Å²) >= 11 is 0. The van der Waals surface area contributed by atoms with E-state index in [9.17, 15) is 4.79 Å². The van der Waals surface area contributed by atoms with Crippen LogP contribution < -0.4 is 5.32 Å². The van der Waals surface area contributed by atoms with Crippen LogP contribution in [0.3, 0.4) is 0 Å². The summed E-state index contributed by atoms with van der Waals surface area (Å²) in [6.45, 7) is 2.18. The number of allylic oxidation sites excluding steroid dienone is 7. The summed E-state index contributed by atoms with van der Waals surface area (Å²) in [5, 5.41) is 2.92. The molecule has 2 rings (SSSR count). The largest absolute Gasteiger partial charge is 0.326 e. The quantitative estimate of drug-likeness (QED) is 0.753. The smallest absolute Gasteiger partial charge is 0.224 e. The average Bonchev–Trinajstić information content (AvgIpc) is 2.24. The Morgan fingerprint density at radius 1 is 1.25 bits per heavy atom. The van der Waals surface area contributed by atoms with Crippen LogP contribution in [-0.2, 0) is 4.79 Å². The molecule has 0 bridgehead atoms. The second kappa shape index (κ2) is 4.97. The number of carbonyl (C=O) groups is 1. The van der Waals surface area contributed by atoms with E-state index in [4.69, 9.17) is 0 Å². The number of amides is 1. The second-order valence-electron chi connectivity index (χ2n) is 4.17. The van der Waals surface area contributed by atoms with Crippen molar-refractivity contribution in [3.05, 3.63) is 47.2 Å². The van der Waals surface area contributed by atoms with E-state index < -0.39 is 0 Å². The molecule has 1 aliphatic heterocycles. The van der Waals surface area contributed by atoms with E-state index in [0.717, 1.165) is 25.0 Å². The van der Waals surface area contributed by atoms with Crippen molar-refractivity contribution in [1.82, 2.24) is 5.32 Å². The van der Waals surface area contributed by atoms with Gasteiger partial charge in [-0.05, 0) is 30.1 Å². The monoisotopic (exact) mass is 215 g/mol. The topological polar surface area (TPSA) is 29.1 Å². The van der Waals surface area contributed by atoms with Gasteiger partial charge in [-0.2, -0.15) is 0 Å². The number of hydrogen-bond donors (Lipinski definition) is 1. The molecule has 0 spiro atoms. The zero-order chi connectivity index (χ0) is 11.4. The molecule has 84 valence electrons. The molecule has 2 nitrogen and oxygen atoms in total. The summed E-state index contributed by atoms with van der Waals surface area (Å²) in [5.74, 6) is 0.124. The second-order valence-corrected chi connectivity index (χ2v) is 4.17. The molecule has 0 radical (unpaired) electrons. The Morgan fingerprint density at radius 3 is 2.88 bits per heavy atom. The Bertz CT molecular complexity index is 410. The van der Waals surface area contributed by atoms with E-state index in [1.165, 1.54) is 11.1 Å². The van der Waals surface area contributed by atoms with E-state index in [0.29, 0.717) is 6.42 Å². The summed E-state index contributed by atoms with van der Waals surface area (Å²) in [5.41, 5.74) is 3.56. The molecule has 0 aromatic carbocycles. The highest BCUT2D eigenvalue weighted by molar-refractivity contribution is 5.80. The number of hydrogen-bond acceptors (Lipinski definition) is 1. The zero-order valence-electron chi connectivity index (χ0n) is 9.62. The maximum Gasteiger partial charge on any atom is 0.224 e. The van der Waals surface area contributed by atoms with Gasteiger partial charge < -0.3 is 5.32 Å². The highest BCUT2D eigenvalue weighted by Gasteiger charge is 2.15. The van der Waals surface area contributed by atoms with Gasteiger partial charge in [0.05, 0.1) is 0 Å². The van der Waals surface area contributed by atoms with Crippen molar-refractivity contribution in [2.45, 2.75) is 32.6 Å². The predicted molar refractivity (Wildman–Crippen MR) is 65.7 cm³/mol. The van der Waals surface area contributed by atoms with Crippen molar-refractivity contribution in [1.29, 1.82) is 0 Å². The fourth-order valence-electron chi connectivity index (χ4n) is 2.02. The van der Waals surface area contributed by atoms with E-state index in [2.05, 4.69) is 24.4 Å². The highest BCUT2D eigenvalue weighted by atomic mass is 16.1. The molecule has 0 saturated heterocycles. The van der Waals surface area contributed by atoms with E-state index in [1.54, 1.807) is 0 Å². The molecule has 2 aliphatic rings. The van der Waals surface area contributed by atoms with Crippen molar-refractivity contribution in [2.24, 2.45) is 0 Å². The van der Waals surface area contributed by atoms with Gasteiger partial charge in [0.1, 0.15) is 0 Å². The van der Waals surface area contributed by atoms with Crippen LogP contribution in [0.25, 0.3) is 0 Å². The van der Waals surface area contributed by atoms with Gasteiger partial charge >= 0.3 is 0 Å². The number of rotatable bonds is 2. The maximum absolute atomic E-state index is 11.3. The van der Waals surface area contributed by atoms with E-state index in [-0.39, 0.29) is 5.91 Å². The first-order chi connectivity index (χ1) is 7.79. The summed E-state index contributed by atoms with van der Waals surface area (Å²) in [6, 6.07) is 0. The first-order valence-corrected chi connectivity index (χ1v) is 5.88. The fraction of sp³-hybridized carbons (Fsp3) is 0.357. The lowest BCUT2D eigenvalue weighted by atomic mass is 9.97. The molecular weight excluding hydrogens is 198 g/mol. The lowest BCUT2D eigenvalue weighted by Gasteiger charge is -2.18. The zero-order valence-corrected chi connectivity index (χ0v) is 9.62. The van der Waals surface area contributed by atoms with Gasteiger partial charge in [0, 0.05) is 12.1 Å². The molecule has 0 unspecified atom stereocenters. The highest BCUT2D eigenvalue weighted by Crippen LogP contribution is 2.22. The SMILES string of the molecule is CCCC1=CC2=C(/C=C/C=C1)NC(=O)CC2. The Kier molecular flexibility index (Phi) is 3.40. The third-order valence-corrected chi connectivity index (χ3v) is 2.82. The minimum Gasteiger partial charge on any atom is -0.326 e. The third kappa shape index (κ3) is 2.51. The van der Waals surface area contributed by atoms with Crippen molar-refractivity contribution >= 4 is 5.91 Å². The Hall–Kier alpha value is -1.57. The van der Waals surface area contributed by atoms with Gasteiger partial charge in [-0.1, -0.05) is 37.6 Å². The minimum atomic E-state index is 0.124. The summed E-state index contributed by atoms with van der Waals surface area (Å²) in [6.07, 6.45) is 14.1. The number of carbonyl (C=O) groups excluding carboxylic acids is 1. The first-order valence-electron chi connectivity index (χ1n) is 5.88. The predicted octanol–water partition coefficient (Wildman–Crippen LogP) is 3.00. The van der Waals surface area contributed by atoms with Crippen LogP contribution in [0.2, 0.25) is 0 Å². The van der Waals surface area contributed by atoms with E-state index in [1.807, 2.05) is 18.2 Å². The first kappa shape index (κ1) is 10.9. The Morgan fingerprint density at radius 2 is 2.06 bits per heavy atom. The Balaban J connectivity index is 2.30. The number of nitrogens with one attached hydrogen (secondary N) is 1. The Labute approximate surface area is 96.4 Å². The van der Waals surface area contributed by atoms with Crippen LogP contribution in [-0.4, -0.2) is 5.91 Å². The van der Waals surface area contributed by atoms with Crippen LogP contribution in [0, 0.1) is 0 Å². The summed E-state index contributed by atoms with van der Waals surface area (Å²) in [7, 11) is 0. The lowest BCUT2D eigenvalue weighted by molar-refractivity contribution is -0.120. The molecule has 0 aromatic rings. The van der Waals surface area contributed by atoms with Gasteiger partial charge in [-0.3, -0.25) is 4.79 Å². The van der Waals surface area contributed by atoms with Crippen molar-refractivity contribution in [3.8, 4) is 0 Å². The summed E-state index contributed by atoms with van der Waals surface area (Å²) in [4.78, 5) is 11.3. The van der Waals surface area contributed by atoms with Crippen LogP contribution in [0.1, 0.15) is 32.6 Å². The molecule has 1 N–H and O–H groups in total. The molecule has 0 atom stereocenters. The lowest BCUT2D eigenvalue weighted by Crippen LogP contribution is -2.26. The average molecular weight is 215 g/mol. The molecule has 0 fully saturated rings. The van der Waals surface area contributed by atoms with Gasteiger partial charge in [0.2, 0.25) is 5.91 Å². The third-order valence-electron chi connectivity index (χ3n) is 2.82. The molecule has 0 saturated carbocycles. The van der Waals surface area contributed by atoms with Crippen LogP contribution >= 0.6 is 0 Å². The standard InChI is InChI=1S/C14H17NO/c1-2-5-11-6-3-4-7-13-12(10-11)8-9-14(16)15-13/h3-4,6-7,10H,2,5,8-9H2,1H3,(H,15,16)/b4-3?,6-3?,7-4+,11-6?,11-10?,12-10?,13-7?. The van der Waals surface area contributed by atoms with Crippen LogP contribution in [0.15, 0.2) is 47.2 Å². The summed E-state index contributed by atoms with van der Waals surface area (Å²) < 4.78 is 0. The maximum atomic E-state index is 11.3. The molecular formula is C14H17NO. The molecule has 1 heterocycles. The van der Waals surface area contributed by atoms with Crippen molar-refractivity contribution < 1.29 is 4.79 Å². The van der Waals surface area contributed by atoms with Gasteiger partial charge in [-0.25, -0.2) is 0 Å². The van der Waals surface area contributed by atoms with E-state index >= 15 is 0 Å².